The van der Waals surface area contributed by atoms with Gasteiger partial charge < -0.3 is 24.2 Å². The zero-order chi connectivity index (χ0) is 27.4. The Labute approximate surface area is 221 Å². The highest BCUT2D eigenvalue weighted by atomic mass is 16.7. The number of ketones is 1. The van der Waals surface area contributed by atoms with E-state index in [2.05, 4.69) is 15.3 Å². The Balaban J connectivity index is 1.61. The monoisotopic (exact) mass is 524 g/mol. The number of methoxy groups -OCH3 is 1. The average molecular weight is 524 g/mol. The van der Waals surface area contributed by atoms with E-state index < -0.39 is 48.5 Å². The number of benzene rings is 1. The number of amides is 1. The molecule has 11 nitrogen and oxygen atoms in total. The van der Waals surface area contributed by atoms with Crippen molar-refractivity contribution in [2.45, 2.75) is 57.1 Å². The van der Waals surface area contributed by atoms with Crippen LogP contribution in [0.2, 0.25) is 5.82 Å². The molecule has 2 bridgehead atoms. The fourth-order valence-electron chi connectivity index (χ4n) is 5.63. The molecule has 2 N–H and O–H groups in total. The van der Waals surface area contributed by atoms with Gasteiger partial charge in [-0.1, -0.05) is 50.6 Å². The molecular weight excluding hydrogens is 491 g/mol. The summed E-state index contributed by atoms with van der Waals surface area (Å²) in [4.78, 5) is 60.5. The van der Waals surface area contributed by atoms with E-state index >= 15 is 0 Å². The predicted octanol–water partition coefficient (Wildman–Crippen LogP) is 0.144. The third-order valence-corrected chi connectivity index (χ3v) is 7.39. The van der Waals surface area contributed by atoms with E-state index in [1.807, 2.05) is 44.2 Å². The van der Waals surface area contributed by atoms with Crippen molar-refractivity contribution in [1.29, 1.82) is 0 Å². The number of rotatable bonds is 11. The lowest BCUT2D eigenvalue weighted by atomic mass is 9.52. The van der Waals surface area contributed by atoms with Crippen LogP contribution in [-0.4, -0.2) is 72.6 Å². The highest BCUT2D eigenvalue weighted by Crippen LogP contribution is 2.39. The number of nitrogens with one attached hydrogen (secondary N) is 2. The Hall–Kier alpha value is -3.64. The van der Waals surface area contributed by atoms with Crippen LogP contribution in [0.3, 0.4) is 0 Å². The molecule has 2 aliphatic rings. The van der Waals surface area contributed by atoms with E-state index in [9.17, 15) is 19.2 Å². The van der Waals surface area contributed by atoms with Crippen LogP contribution in [0.5, 0.6) is 0 Å². The van der Waals surface area contributed by atoms with Crippen molar-refractivity contribution in [3.63, 3.8) is 0 Å². The number of ether oxygens (including phenoxy) is 1. The van der Waals surface area contributed by atoms with Crippen LogP contribution in [0.25, 0.3) is 0 Å². The van der Waals surface area contributed by atoms with Crippen molar-refractivity contribution in [3.05, 3.63) is 60.2 Å². The maximum Gasteiger partial charge on any atom is 0.530 e. The number of fused-ring (bicyclic) bond motifs is 2. The topological polar surface area (TPSA) is 138 Å². The van der Waals surface area contributed by atoms with Gasteiger partial charge in [0, 0.05) is 19.4 Å². The quantitative estimate of drug-likeness (QED) is 0.311. The van der Waals surface area contributed by atoms with Crippen LogP contribution >= 0.6 is 0 Å². The summed E-state index contributed by atoms with van der Waals surface area (Å²) >= 11 is 0. The van der Waals surface area contributed by atoms with Crippen molar-refractivity contribution in [2.75, 3.05) is 14.2 Å². The van der Waals surface area contributed by atoms with Crippen molar-refractivity contribution < 1.29 is 38.0 Å². The molecule has 38 heavy (non-hydrogen) atoms. The van der Waals surface area contributed by atoms with Gasteiger partial charge in [0.2, 0.25) is 0 Å². The second-order valence-corrected chi connectivity index (χ2v) is 10.4. The van der Waals surface area contributed by atoms with Gasteiger partial charge in [0.1, 0.15) is 5.69 Å². The van der Waals surface area contributed by atoms with Gasteiger partial charge in [-0.15, -0.1) is 0 Å². The number of nitrogens with zero attached hydrogens (tertiary/aromatic N) is 2. The number of hydrogen-bond acceptors (Lipinski definition) is 9. The highest BCUT2D eigenvalue weighted by molar-refractivity contribution is 6.65. The summed E-state index contributed by atoms with van der Waals surface area (Å²) < 4.78 is 16.8. The van der Waals surface area contributed by atoms with Crippen molar-refractivity contribution in [1.82, 2.24) is 15.3 Å². The Morgan fingerprint density at radius 1 is 1.18 bits per heavy atom. The molecule has 0 saturated carbocycles. The maximum absolute atomic E-state index is 13.9. The van der Waals surface area contributed by atoms with Crippen LogP contribution < -0.4 is 10.1 Å². The van der Waals surface area contributed by atoms with Crippen LogP contribution in [0.15, 0.2) is 48.9 Å². The number of carbonyl (C=O) groups excluding carboxylic acids is 4. The van der Waals surface area contributed by atoms with Gasteiger partial charge in [-0.25, -0.2) is 9.78 Å². The molecule has 0 radical (unpaired) electrons. The third-order valence-electron chi connectivity index (χ3n) is 7.39. The summed E-state index contributed by atoms with van der Waals surface area (Å²) in [6.07, 6.45) is 3.86. The fourth-order valence-corrected chi connectivity index (χ4v) is 5.63. The normalized spacial score (nSPS) is 25.5. The lowest BCUT2D eigenvalue weighted by Gasteiger charge is -2.43. The standard InChI is InChI=1S/C26H33BN4O7/c1-16(2)12-18(27-31(3)22(25(34)36-4)23(37-27)26(35)38-27)14-21(32)19(13-17-8-6-5-7-9-17)30-24(33)20-15-28-10-11-29-20/h5-11,15-16,18-19,22-23,31H,12-14H2,1-4H3,(H,30,33)/t18-,19+,22-,23-,27?/m1/s1. The third kappa shape index (κ3) is 5.46. The van der Waals surface area contributed by atoms with E-state index in [1.54, 1.807) is 7.05 Å². The summed E-state index contributed by atoms with van der Waals surface area (Å²) in [5.74, 6) is -2.33. The largest absolute Gasteiger partial charge is 0.613 e. The predicted molar refractivity (Wildman–Crippen MR) is 136 cm³/mol. The summed E-state index contributed by atoms with van der Waals surface area (Å²) in [7, 11) is 2.98. The minimum absolute atomic E-state index is 0.0261. The minimum atomic E-state index is -2.38. The number of carbonyl (C=O) groups is 4. The van der Waals surface area contributed by atoms with Gasteiger partial charge in [-0.05, 0) is 30.1 Å². The van der Waals surface area contributed by atoms with Gasteiger partial charge in [0.15, 0.2) is 17.9 Å². The summed E-state index contributed by atoms with van der Waals surface area (Å²) in [5.41, 5.74) is 0.962. The summed E-state index contributed by atoms with van der Waals surface area (Å²) in [5, 5.41) is 2.81. The smallest absolute Gasteiger partial charge is 0.530 e. The summed E-state index contributed by atoms with van der Waals surface area (Å²) in [6, 6.07) is 7.61. The second-order valence-electron chi connectivity index (χ2n) is 10.4. The molecule has 1 amide bonds. The fraction of sp³-hybridized carbons (Fsp3) is 0.462. The molecule has 2 aliphatic heterocycles. The molecule has 1 aromatic carbocycles. The minimum Gasteiger partial charge on any atom is -0.613 e. The lowest BCUT2D eigenvalue weighted by molar-refractivity contribution is -0.799. The Kier molecular flexibility index (Phi) is 8.22. The van der Waals surface area contributed by atoms with Crippen LogP contribution in [0.1, 0.15) is 42.7 Å². The van der Waals surface area contributed by atoms with Gasteiger partial charge in [-0.3, -0.25) is 19.4 Å². The number of hydrogen-bond donors (Lipinski definition) is 2. The van der Waals surface area contributed by atoms with E-state index in [1.165, 1.54) is 25.7 Å². The molecule has 2 saturated heterocycles. The van der Waals surface area contributed by atoms with Crippen LogP contribution in [0.4, 0.5) is 0 Å². The molecule has 2 aromatic rings. The van der Waals surface area contributed by atoms with Gasteiger partial charge in [0.25, 0.3) is 11.9 Å². The van der Waals surface area contributed by atoms with Gasteiger partial charge in [-0.2, -0.15) is 0 Å². The molecule has 3 heterocycles. The second kappa shape index (κ2) is 11.4. The van der Waals surface area contributed by atoms with Gasteiger partial charge >= 0.3 is 12.7 Å². The van der Waals surface area contributed by atoms with Crippen LogP contribution in [0, 0.1) is 5.92 Å². The molecular formula is C26H33BN4O7. The first-order chi connectivity index (χ1) is 18.2. The number of aromatic nitrogens is 2. The maximum atomic E-state index is 13.9. The van der Waals surface area contributed by atoms with Crippen molar-refractivity contribution >= 4 is 30.3 Å². The first kappa shape index (κ1) is 27.4. The number of likely N-dealkylation sites (N-methyl/N-ethyl adjacent to an activating group) is 1. The van der Waals surface area contributed by atoms with Crippen LogP contribution in [-0.2, 0) is 34.9 Å². The SMILES string of the molecule is COC(=O)[C@H]1[C@H]2O[B-]([C@@H](CC(=O)[C@H](Cc3ccccc3)NC(=O)c3cnccn3)CC(C)C)(OC2=O)[NH+]1C. The van der Waals surface area contributed by atoms with E-state index in [-0.39, 0.29) is 30.2 Å². The van der Waals surface area contributed by atoms with Gasteiger partial charge in [0.05, 0.1) is 19.3 Å². The zero-order valence-electron chi connectivity index (χ0n) is 22.0. The molecule has 12 heteroatoms. The van der Waals surface area contributed by atoms with Crippen molar-refractivity contribution in [2.24, 2.45) is 5.92 Å². The number of esters is 1. The molecule has 6 atom stereocenters. The Morgan fingerprint density at radius 2 is 1.92 bits per heavy atom. The Morgan fingerprint density at radius 3 is 2.55 bits per heavy atom. The molecule has 0 aliphatic carbocycles. The molecule has 1 aromatic heterocycles. The first-order valence-electron chi connectivity index (χ1n) is 12.8. The van der Waals surface area contributed by atoms with E-state index in [4.69, 9.17) is 14.0 Å². The average Bonchev–Trinajstić information content (AvgIpc) is 3.40. The van der Waals surface area contributed by atoms with E-state index in [0.29, 0.717) is 11.2 Å². The lowest BCUT2D eigenvalue weighted by Crippen LogP contribution is -3.24. The zero-order valence-corrected chi connectivity index (χ0v) is 22.0. The molecule has 2 fully saturated rings. The molecule has 2 unspecified atom stereocenters. The number of Topliss-reactive ketones (excluding diaryl/α,β-unsaturated/α-hetero) is 1. The highest BCUT2D eigenvalue weighted by Gasteiger charge is 2.69. The van der Waals surface area contributed by atoms with E-state index in [0.717, 1.165) is 5.56 Å². The number of quaternary nitrogens is 1. The molecule has 4 rings (SSSR count). The van der Waals surface area contributed by atoms with Crippen molar-refractivity contribution in [3.8, 4) is 0 Å². The Bertz CT molecular complexity index is 1180. The molecule has 202 valence electrons. The molecule has 0 spiro atoms. The summed E-state index contributed by atoms with van der Waals surface area (Å²) in [6.45, 7) is 1.62. The first-order valence-corrected chi connectivity index (χ1v) is 12.8.